The lowest BCUT2D eigenvalue weighted by atomic mass is 10.2. The topological polar surface area (TPSA) is 81.7 Å². The Labute approximate surface area is 151 Å². The highest BCUT2D eigenvalue weighted by atomic mass is 35.5. The van der Waals surface area contributed by atoms with Crippen LogP contribution in [0.15, 0.2) is 47.4 Å². The van der Waals surface area contributed by atoms with Crippen LogP contribution < -0.4 is 9.46 Å². The molecule has 0 fully saturated rings. The van der Waals surface area contributed by atoms with E-state index >= 15 is 0 Å². The molecule has 6 nitrogen and oxygen atoms in total. The number of halogens is 1. The van der Waals surface area contributed by atoms with Crippen LogP contribution in [-0.4, -0.2) is 27.6 Å². The molecule has 134 valence electrons. The number of esters is 1. The maximum absolute atomic E-state index is 12.5. The van der Waals surface area contributed by atoms with Crippen molar-refractivity contribution in [1.82, 2.24) is 0 Å². The van der Waals surface area contributed by atoms with E-state index in [1.807, 2.05) is 0 Å². The van der Waals surface area contributed by atoms with Crippen molar-refractivity contribution in [2.45, 2.75) is 18.7 Å². The Balaban J connectivity index is 2.09. The van der Waals surface area contributed by atoms with Crippen LogP contribution in [0, 0.1) is 6.92 Å². The predicted octanol–water partition coefficient (Wildman–Crippen LogP) is 3.39. The van der Waals surface area contributed by atoms with E-state index in [0.717, 1.165) is 0 Å². The van der Waals surface area contributed by atoms with Gasteiger partial charge in [-0.15, -0.1) is 0 Å². The molecule has 0 aliphatic carbocycles. The fourth-order valence-corrected chi connectivity index (χ4v) is 3.28. The standard InChI is InChI=1S/C17H18ClNO5S/c1-3-23-17(20)11-24-13-7-9-14(10-8-13)25(21,22)19-16-6-4-5-15(18)12(16)2/h4-10,19H,3,11H2,1-2H3. The van der Waals surface area contributed by atoms with Crippen molar-refractivity contribution in [3.63, 3.8) is 0 Å². The summed E-state index contributed by atoms with van der Waals surface area (Å²) in [5.74, 6) is -0.122. The second kappa shape index (κ2) is 8.22. The van der Waals surface area contributed by atoms with Crippen LogP contribution in [-0.2, 0) is 19.6 Å². The summed E-state index contributed by atoms with van der Waals surface area (Å²) in [6, 6.07) is 10.7. The molecular formula is C17H18ClNO5S. The molecular weight excluding hydrogens is 366 g/mol. The fourth-order valence-electron chi connectivity index (χ4n) is 1.98. The average molecular weight is 384 g/mol. The molecule has 0 atom stereocenters. The lowest BCUT2D eigenvalue weighted by Crippen LogP contribution is -2.15. The molecule has 0 amide bonds. The van der Waals surface area contributed by atoms with Gasteiger partial charge in [0.05, 0.1) is 17.2 Å². The van der Waals surface area contributed by atoms with E-state index in [9.17, 15) is 13.2 Å². The normalized spacial score (nSPS) is 11.0. The van der Waals surface area contributed by atoms with Gasteiger partial charge in [0.1, 0.15) is 5.75 Å². The maximum atomic E-state index is 12.5. The lowest BCUT2D eigenvalue weighted by Gasteiger charge is -2.12. The van der Waals surface area contributed by atoms with Gasteiger partial charge in [-0.25, -0.2) is 13.2 Å². The van der Waals surface area contributed by atoms with Crippen LogP contribution in [0.25, 0.3) is 0 Å². The highest BCUT2D eigenvalue weighted by Crippen LogP contribution is 2.26. The molecule has 0 aliphatic rings. The van der Waals surface area contributed by atoms with E-state index in [0.29, 0.717) is 22.0 Å². The van der Waals surface area contributed by atoms with Crippen LogP contribution >= 0.6 is 11.6 Å². The minimum atomic E-state index is -3.77. The molecule has 0 saturated carbocycles. The van der Waals surface area contributed by atoms with Crippen molar-refractivity contribution >= 4 is 33.3 Å². The van der Waals surface area contributed by atoms with Crippen LogP contribution in [0.1, 0.15) is 12.5 Å². The first-order chi connectivity index (χ1) is 11.8. The highest BCUT2D eigenvalue weighted by Gasteiger charge is 2.16. The summed E-state index contributed by atoms with van der Waals surface area (Å²) in [7, 11) is -3.77. The number of hydrogen-bond donors (Lipinski definition) is 1. The summed E-state index contributed by atoms with van der Waals surface area (Å²) in [6.07, 6.45) is 0. The van der Waals surface area contributed by atoms with Crippen molar-refractivity contribution in [3.8, 4) is 5.75 Å². The van der Waals surface area contributed by atoms with Gasteiger partial charge < -0.3 is 9.47 Å². The molecule has 25 heavy (non-hydrogen) atoms. The largest absolute Gasteiger partial charge is 0.482 e. The summed E-state index contributed by atoms with van der Waals surface area (Å²) in [5.41, 5.74) is 1.05. The number of ether oxygens (including phenoxy) is 2. The molecule has 0 heterocycles. The quantitative estimate of drug-likeness (QED) is 0.741. The molecule has 0 saturated heterocycles. The zero-order chi connectivity index (χ0) is 18.4. The van der Waals surface area contributed by atoms with Crippen LogP contribution in [0.2, 0.25) is 5.02 Å². The van der Waals surface area contributed by atoms with Crippen molar-refractivity contribution < 1.29 is 22.7 Å². The minimum Gasteiger partial charge on any atom is -0.482 e. The van der Waals surface area contributed by atoms with Crippen molar-refractivity contribution in [1.29, 1.82) is 0 Å². The van der Waals surface area contributed by atoms with Crippen LogP contribution in [0.4, 0.5) is 5.69 Å². The van der Waals surface area contributed by atoms with Gasteiger partial charge in [-0.3, -0.25) is 4.72 Å². The van der Waals surface area contributed by atoms with Gasteiger partial charge >= 0.3 is 5.97 Å². The monoisotopic (exact) mass is 383 g/mol. The Morgan fingerprint density at radius 3 is 2.48 bits per heavy atom. The van der Waals surface area contributed by atoms with E-state index < -0.39 is 16.0 Å². The molecule has 0 bridgehead atoms. The van der Waals surface area contributed by atoms with Crippen LogP contribution in [0.3, 0.4) is 0 Å². The van der Waals surface area contributed by atoms with Gasteiger partial charge in [0.15, 0.2) is 6.61 Å². The molecule has 0 unspecified atom stereocenters. The molecule has 0 aromatic heterocycles. The van der Waals surface area contributed by atoms with Crippen molar-refractivity contribution in [2.75, 3.05) is 17.9 Å². The molecule has 1 N–H and O–H groups in total. The molecule has 0 spiro atoms. The Kier molecular flexibility index (Phi) is 6.27. The zero-order valence-electron chi connectivity index (χ0n) is 13.8. The second-order valence-electron chi connectivity index (χ2n) is 5.08. The Hall–Kier alpha value is -2.25. The molecule has 2 aromatic rings. The SMILES string of the molecule is CCOC(=O)COc1ccc(S(=O)(=O)Nc2cccc(Cl)c2C)cc1. The van der Waals surface area contributed by atoms with E-state index in [1.165, 1.54) is 24.3 Å². The Morgan fingerprint density at radius 1 is 1.16 bits per heavy atom. The summed E-state index contributed by atoms with van der Waals surface area (Å²) in [5, 5.41) is 0.475. The lowest BCUT2D eigenvalue weighted by molar-refractivity contribution is -0.145. The van der Waals surface area contributed by atoms with Gasteiger partial charge in [0.2, 0.25) is 0 Å². The summed E-state index contributed by atoms with van der Waals surface area (Å²) in [4.78, 5) is 11.3. The van der Waals surface area contributed by atoms with Gasteiger partial charge in [-0.05, 0) is 55.8 Å². The van der Waals surface area contributed by atoms with Crippen molar-refractivity contribution in [3.05, 3.63) is 53.1 Å². The minimum absolute atomic E-state index is 0.0651. The number of carbonyl (C=O) groups excluding carboxylic acids is 1. The number of sulfonamides is 1. The number of hydrogen-bond acceptors (Lipinski definition) is 5. The maximum Gasteiger partial charge on any atom is 0.344 e. The first-order valence-electron chi connectivity index (χ1n) is 7.50. The summed E-state index contributed by atoms with van der Waals surface area (Å²) >= 11 is 6.00. The third-order valence-electron chi connectivity index (χ3n) is 3.31. The number of nitrogens with one attached hydrogen (secondary N) is 1. The summed E-state index contributed by atoms with van der Waals surface area (Å²) in [6.45, 7) is 3.46. The predicted molar refractivity (Wildman–Crippen MR) is 95.6 cm³/mol. The van der Waals surface area contributed by atoms with Crippen LogP contribution in [0.5, 0.6) is 5.75 Å². The third-order valence-corrected chi connectivity index (χ3v) is 5.10. The Bertz CT molecular complexity index is 850. The van der Waals surface area contributed by atoms with E-state index in [1.54, 1.807) is 32.0 Å². The Morgan fingerprint density at radius 2 is 1.84 bits per heavy atom. The molecule has 2 rings (SSSR count). The zero-order valence-corrected chi connectivity index (χ0v) is 15.4. The average Bonchev–Trinajstić information content (AvgIpc) is 2.58. The van der Waals surface area contributed by atoms with Gasteiger partial charge in [0.25, 0.3) is 10.0 Å². The highest BCUT2D eigenvalue weighted by molar-refractivity contribution is 7.92. The van der Waals surface area contributed by atoms with E-state index in [4.69, 9.17) is 21.1 Å². The van der Waals surface area contributed by atoms with Gasteiger partial charge in [0, 0.05) is 5.02 Å². The molecule has 8 heteroatoms. The summed E-state index contributed by atoms with van der Waals surface area (Å²) < 4.78 is 37.4. The second-order valence-corrected chi connectivity index (χ2v) is 7.17. The number of carbonyl (C=O) groups is 1. The number of benzene rings is 2. The molecule has 2 aromatic carbocycles. The number of anilines is 1. The van der Waals surface area contributed by atoms with Crippen molar-refractivity contribution in [2.24, 2.45) is 0 Å². The van der Waals surface area contributed by atoms with Gasteiger partial charge in [-0.1, -0.05) is 17.7 Å². The first kappa shape index (κ1) is 19.1. The van der Waals surface area contributed by atoms with E-state index in [2.05, 4.69) is 4.72 Å². The number of rotatable bonds is 7. The first-order valence-corrected chi connectivity index (χ1v) is 9.36. The van der Waals surface area contributed by atoms with Gasteiger partial charge in [-0.2, -0.15) is 0 Å². The van der Waals surface area contributed by atoms with E-state index in [-0.39, 0.29) is 18.1 Å². The molecule has 0 aliphatic heterocycles. The fraction of sp³-hybridized carbons (Fsp3) is 0.235. The third kappa shape index (κ3) is 5.11. The smallest absolute Gasteiger partial charge is 0.344 e. The molecule has 0 radical (unpaired) electrons.